The molecule has 1 aromatic rings. The zero-order chi connectivity index (χ0) is 18.5. The minimum atomic E-state index is -0.00235. The van der Waals surface area contributed by atoms with Gasteiger partial charge in [-0.05, 0) is 25.8 Å². The monoisotopic (exact) mass is 349 g/mol. The first-order valence-electron chi connectivity index (χ1n) is 9.15. The lowest BCUT2D eigenvalue weighted by molar-refractivity contribution is 0.0698. The lowest BCUT2D eigenvalue weighted by Gasteiger charge is -2.24. The number of hydrogen-bond acceptors (Lipinski definition) is 3. The zero-order valence-corrected chi connectivity index (χ0v) is 16.5. The summed E-state index contributed by atoms with van der Waals surface area (Å²) in [5.41, 5.74) is 2.60. The van der Waals surface area contributed by atoms with Crippen molar-refractivity contribution in [2.24, 2.45) is 4.99 Å². The van der Waals surface area contributed by atoms with Gasteiger partial charge in [-0.15, -0.1) is 0 Å². The fraction of sp³-hybridized carbons (Fsp3) is 0.650. The third-order valence-electron chi connectivity index (χ3n) is 3.97. The van der Waals surface area contributed by atoms with Gasteiger partial charge in [-0.3, -0.25) is 4.99 Å². The molecule has 0 spiro atoms. The average Bonchev–Trinajstić information content (AvgIpc) is 2.59. The fourth-order valence-corrected chi connectivity index (χ4v) is 2.40. The summed E-state index contributed by atoms with van der Waals surface area (Å²) < 4.78 is 10.4. The van der Waals surface area contributed by atoms with Crippen LogP contribution in [0.3, 0.4) is 0 Å². The van der Waals surface area contributed by atoms with Gasteiger partial charge in [0.05, 0.1) is 19.8 Å². The number of rotatable bonds is 11. The largest absolute Gasteiger partial charge is 0.382 e. The Labute approximate surface area is 153 Å². The quantitative estimate of drug-likeness (QED) is 0.366. The van der Waals surface area contributed by atoms with E-state index in [2.05, 4.69) is 62.6 Å². The molecule has 0 unspecified atom stereocenters. The van der Waals surface area contributed by atoms with E-state index in [1.165, 1.54) is 11.1 Å². The molecular formula is C20H35N3O2. The summed E-state index contributed by atoms with van der Waals surface area (Å²) in [5.74, 6) is 0.861. The van der Waals surface area contributed by atoms with Crippen LogP contribution >= 0.6 is 0 Å². The highest BCUT2D eigenvalue weighted by molar-refractivity contribution is 5.79. The Balaban J connectivity index is 2.48. The van der Waals surface area contributed by atoms with Gasteiger partial charge < -0.3 is 20.1 Å². The standard InChI is InChI=1S/C20H35N3O2/c1-6-21-19(22-11-8-12-25-14-13-24-5)23-16-20(3,4)18-10-7-9-17(2)15-18/h7,9-10,15H,6,8,11-14,16H2,1-5H3,(H2,21,22,23). The van der Waals surface area contributed by atoms with Crippen LogP contribution in [0.15, 0.2) is 29.3 Å². The molecule has 5 nitrogen and oxygen atoms in total. The van der Waals surface area contributed by atoms with Crippen molar-refractivity contribution in [2.45, 2.75) is 39.5 Å². The van der Waals surface area contributed by atoms with Gasteiger partial charge in [-0.1, -0.05) is 43.7 Å². The Morgan fingerprint density at radius 3 is 2.64 bits per heavy atom. The molecule has 0 heterocycles. The molecule has 0 fully saturated rings. The minimum Gasteiger partial charge on any atom is -0.382 e. The van der Waals surface area contributed by atoms with Gasteiger partial charge in [-0.2, -0.15) is 0 Å². The number of nitrogens with one attached hydrogen (secondary N) is 2. The van der Waals surface area contributed by atoms with Crippen molar-refractivity contribution in [3.05, 3.63) is 35.4 Å². The van der Waals surface area contributed by atoms with Gasteiger partial charge in [0.15, 0.2) is 5.96 Å². The number of methoxy groups -OCH3 is 1. The Hall–Kier alpha value is -1.59. The van der Waals surface area contributed by atoms with E-state index in [-0.39, 0.29) is 5.41 Å². The number of nitrogens with zero attached hydrogens (tertiary/aromatic N) is 1. The predicted octanol–water partition coefficient (Wildman–Crippen LogP) is 2.88. The van der Waals surface area contributed by atoms with Gasteiger partial charge in [0.2, 0.25) is 0 Å². The fourth-order valence-electron chi connectivity index (χ4n) is 2.40. The van der Waals surface area contributed by atoms with Gasteiger partial charge in [0.1, 0.15) is 0 Å². The molecule has 25 heavy (non-hydrogen) atoms. The molecule has 1 rings (SSSR count). The number of ether oxygens (including phenoxy) is 2. The van der Waals surface area contributed by atoms with Crippen molar-refractivity contribution in [3.8, 4) is 0 Å². The maximum absolute atomic E-state index is 5.47. The second-order valence-corrected chi connectivity index (χ2v) is 6.83. The van der Waals surface area contributed by atoms with Gasteiger partial charge in [-0.25, -0.2) is 0 Å². The van der Waals surface area contributed by atoms with E-state index < -0.39 is 0 Å². The van der Waals surface area contributed by atoms with Gasteiger partial charge >= 0.3 is 0 Å². The van der Waals surface area contributed by atoms with Crippen LogP contribution in [0, 0.1) is 6.92 Å². The molecular weight excluding hydrogens is 314 g/mol. The predicted molar refractivity (Wildman–Crippen MR) is 105 cm³/mol. The van der Waals surface area contributed by atoms with E-state index in [1.54, 1.807) is 7.11 Å². The molecule has 0 radical (unpaired) electrons. The SMILES string of the molecule is CCNC(=NCC(C)(C)c1cccc(C)c1)NCCCOCCOC. The molecule has 0 aromatic heterocycles. The lowest BCUT2D eigenvalue weighted by Crippen LogP contribution is -2.39. The lowest BCUT2D eigenvalue weighted by atomic mass is 9.84. The normalized spacial score (nSPS) is 12.3. The Bertz CT molecular complexity index is 515. The summed E-state index contributed by atoms with van der Waals surface area (Å²) >= 11 is 0. The van der Waals surface area contributed by atoms with Gasteiger partial charge in [0.25, 0.3) is 0 Å². The first kappa shape index (κ1) is 21.5. The van der Waals surface area contributed by atoms with Crippen molar-refractivity contribution in [3.63, 3.8) is 0 Å². The minimum absolute atomic E-state index is 0.00235. The van der Waals surface area contributed by atoms with Crippen LogP contribution in [-0.4, -0.2) is 52.5 Å². The number of guanidine groups is 1. The van der Waals surface area contributed by atoms with E-state index in [0.717, 1.165) is 38.6 Å². The number of hydrogen-bond donors (Lipinski definition) is 2. The van der Waals surface area contributed by atoms with E-state index >= 15 is 0 Å². The Morgan fingerprint density at radius 1 is 1.16 bits per heavy atom. The maximum atomic E-state index is 5.47. The van der Waals surface area contributed by atoms with E-state index in [0.29, 0.717) is 13.2 Å². The maximum Gasteiger partial charge on any atom is 0.191 e. The molecule has 0 saturated heterocycles. The molecule has 0 saturated carbocycles. The van der Waals surface area contributed by atoms with Crippen molar-refractivity contribution < 1.29 is 9.47 Å². The molecule has 1 aromatic carbocycles. The van der Waals surface area contributed by atoms with Crippen LogP contribution in [0.25, 0.3) is 0 Å². The molecule has 0 aliphatic carbocycles. The Morgan fingerprint density at radius 2 is 1.96 bits per heavy atom. The molecule has 0 bridgehead atoms. The summed E-state index contributed by atoms with van der Waals surface area (Å²) in [4.78, 5) is 4.77. The van der Waals surface area contributed by atoms with Crippen LogP contribution in [0.1, 0.15) is 38.3 Å². The van der Waals surface area contributed by atoms with Crippen molar-refractivity contribution in [1.82, 2.24) is 10.6 Å². The first-order chi connectivity index (χ1) is 12.0. The zero-order valence-electron chi connectivity index (χ0n) is 16.5. The first-order valence-corrected chi connectivity index (χ1v) is 9.15. The number of benzene rings is 1. The summed E-state index contributed by atoms with van der Waals surface area (Å²) in [6, 6.07) is 8.67. The number of aliphatic imine (C=N–C) groups is 1. The summed E-state index contributed by atoms with van der Waals surface area (Å²) in [6.07, 6.45) is 0.940. The van der Waals surface area contributed by atoms with Crippen molar-refractivity contribution >= 4 is 5.96 Å². The third-order valence-corrected chi connectivity index (χ3v) is 3.97. The topological polar surface area (TPSA) is 54.9 Å². The smallest absolute Gasteiger partial charge is 0.191 e. The molecule has 0 atom stereocenters. The van der Waals surface area contributed by atoms with Gasteiger partial charge in [0, 0.05) is 32.2 Å². The molecule has 142 valence electrons. The molecule has 0 aliphatic rings. The van der Waals surface area contributed by atoms with Crippen LogP contribution in [-0.2, 0) is 14.9 Å². The van der Waals surface area contributed by atoms with Crippen LogP contribution in [0.2, 0.25) is 0 Å². The second-order valence-electron chi connectivity index (χ2n) is 6.83. The van der Waals surface area contributed by atoms with E-state index in [1.807, 2.05) is 0 Å². The van der Waals surface area contributed by atoms with E-state index in [9.17, 15) is 0 Å². The van der Waals surface area contributed by atoms with Crippen LogP contribution in [0.5, 0.6) is 0 Å². The summed E-state index contributed by atoms with van der Waals surface area (Å²) in [5, 5.41) is 6.68. The summed E-state index contributed by atoms with van der Waals surface area (Å²) in [6.45, 7) is 13.1. The summed E-state index contributed by atoms with van der Waals surface area (Å²) in [7, 11) is 1.68. The van der Waals surface area contributed by atoms with E-state index in [4.69, 9.17) is 14.5 Å². The van der Waals surface area contributed by atoms with Crippen LogP contribution < -0.4 is 10.6 Å². The van der Waals surface area contributed by atoms with Crippen molar-refractivity contribution in [1.29, 1.82) is 0 Å². The molecule has 0 amide bonds. The molecule has 2 N–H and O–H groups in total. The highest BCUT2D eigenvalue weighted by Crippen LogP contribution is 2.24. The second kappa shape index (κ2) is 11.9. The Kier molecular flexibility index (Phi) is 10.2. The average molecular weight is 350 g/mol. The molecule has 0 aliphatic heterocycles. The number of aryl methyl sites for hydroxylation is 1. The highest BCUT2D eigenvalue weighted by Gasteiger charge is 2.20. The third kappa shape index (κ3) is 8.89. The van der Waals surface area contributed by atoms with Crippen molar-refractivity contribution in [2.75, 3.05) is 46.6 Å². The van der Waals surface area contributed by atoms with Crippen LogP contribution in [0.4, 0.5) is 0 Å². The highest BCUT2D eigenvalue weighted by atomic mass is 16.5. The molecule has 5 heteroatoms.